The highest BCUT2D eigenvalue weighted by Crippen LogP contribution is 2.36. The largest absolute Gasteiger partial charge is 0.416 e. The molecule has 0 saturated carbocycles. The average molecular weight is 526 g/mol. The Morgan fingerprint density at radius 1 is 0.919 bits per heavy atom. The van der Waals surface area contributed by atoms with Gasteiger partial charge in [-0.15, -0.1) is 0 Å². The lowest BCUT2D eigenvalue weighted by molar-refractivity contribution is -0.143. The van der Waals surface area contributed by atoms with Gasteiger partial charge in [-0.3, -0.25) is 9.59 Å². The minimum atomic E-state index is -4.95. The highest BCUT2D eigenvalue weighted by atomic mass is 19.4. The second-order valence-electron chi connectivity index (χ2n) is 8.37. The van der Waals surface area contributed by atoms with E-state index < -0.39 is 36.0 Å². The van der Waals surface area contributed by atoms with Gasteiger partial charge in [0.15, 0.2) is 0 Å². The van der Waals surface area contributed by atoms with Crippen molar-refractivity contribution in [1.29, 1.82) is 0 Å². The predicted octanol–water partition coefficient (Wildman–Crippen LogP) is 5.46. The molecule has 3 aromatic rings. The van der Waals surface area contributed by atoms with E-state index in [2.05, 4.69) is 10.3 Å². The van der Waals surface area contributed by atoms with E-state index in [0.717, 1.165) is 5.56 Å². The van der Waals surface area contributed by atoms with Crippen LogP contribution >= 0.6 is 0 Å². The number of halogens is 6. The molecule has 0 saturated heterocycles. The van der Waals surface area contributed by atoms with E-state index >= 15 is 0 Å². The summed E-state index contributed by atoms with van der Waals surface area (Å²) < 4.78 is 84.2. The summed E-state index contributed by atoms with van der Waals surface area (Å²) in [5.74, 6) is -0.741. The molecule has 0 aliphatic carbocycles. The number of H-pyrrole nitrogens is 1. The van der Waals surface area contributed by atoms with Crippen LogP contribution in [0.15, 0.2) is 71.7 Å². The number of aromatic amines is 1. The number of hydrogen-bond acceptors (Lipinski definition) is 3. The summed E-state index contributed by atoms with van der Waals surface area (Å²) in [6.45, 7) is -0.439. The highest BCUT2D eigenvalue weighted by molar-refractivity contribution is 5.76. The van der Waals surface area contributed by atoms with Crippen LogP contribution in [0.5, 0.6) is 0 Å². The van der Waals surface area contributed by atoms with Gasteiger partial charge in [0.2, 0.25) is 5.91 Å². The van der Waals surface area contributed by atoms with Crippen molar-refractivity contribution in [2.75, 3.05) is 13.2 Å². The van der Waals surface area contributed by atoms with Gasteiger partial charge < -0.3 is 15.0 Å². The number of rotatable bonds is 10. The first-order chi connectivity index (χ1) is 17.4. The highest BCUT2D eigenvalue weighted by Gasteiger charge is 2.36. The lowest BCUT2D eigenvalue weighted by Crippen LogP contribution is -2.30. The van der Waals surface area contributed by atoms with Crippen molar-refractivity contribution in [2.24, 2.45) is 0 Å². The summed E-state index contributed by atoms with van der Waals surface area (Å²) >= 11 is 0. The Bertz CT molecular complexity index is 1210. The standard InChI is InChI=1S/C26H24F6N2O3/c27-25(28,29)21-11-17(12-22(13-21)26(30,31)32)15-37-16-20(18-5-2-1-3-6-18)14-34-23(35)9-8-19-7-4-10-33-24(19)36/h1-7,10-13,20H,8-9,14-16H2,(H,33,36)(H,34,35). The number of aryl methyl sites for hydroxylation is 1. The Morgan fingerprint density at radius 2 is 1.57 bits per heavy atom. The quantitative estimate of drug-likeness (QED) is 0.345. The van der Waals surface area contributed by atoms with Crippen LogP contribution in [0.1, 0.15) is 40.2 Å². The number of carbonyl (C=O) groups excluding carboxylic acids is 1. The Hall–Kier alpha value is -3.60. The van der Waals surface area contributed by atoms with E-state index in [1.54, 1.807) is 42.5 Å². The molecule has 1 amide bonds. The molecular weight excluding hydrogens is 502 g/mol. The van der Waals surface area contributed by atoms with Gasteiger partial charge in [-0.1, -0.05) is 36.4 Å². The summed E-state index contributed by atoms with van der Waals surface area (Å²) in [5.41, 5.74) is -2.16. The average Bonchev–Trinajstić information content (AvgIpc) is 2.85. The summed E-state index contributed by atoms with van der Waals surface area (Å²) in [4.78, 5) is 26.6. The lowest BCUT2D eigenvalue weighted by atomic mass is 9.99. The minimum absolute atomic E-state index is 0.0555. The van der Waals surface area contributed by atoms with Crippen LogP contribution in [-0.2, 0) is 34.9 Å². The number of nitrogens with one attached hydrogen (secondary N) is 2. The predicted molar refractivity (Wildman–Crippen MR) is 124 cm³/mol. The van der Waals surface area contributed by atoms with E-state index in [1.807, 2.05) is 0 Å². The summed E-state index contributed by atoms with van der Waals surface area (Å²) in [7, 11) is 0. The molecule has 0 spiro atoms. The van der Waals surface area contributed by atoms with Gasteiger partial charge in [0, 0.05) is 30.6 Å². The molecule has 1 aromatic heterocycles. The van der Waals surface area contributed by atoms with Gasteiger partial charge in [0.25, 0.3) is 5.56 Å². The summed E-state index contributed by atoms with van der Waals surface area (Å²) in [5, 5.41) is 2.75. The number of carbonyl (C=O) groups is 1. The molecule has 2 aromatic carbocycles. The molecule has 1 unspecified atom stereocenters. The first-order valence-electron chi connectivity index (χ1n) is 11.3. The number of aromatic nitrogens is 1. The fraction of sp³-hybridized carbons (Fsp3) is 0.308. The number of hydrogen-bond donors (Lipinski definition) is 2. The molecule has 198 valence electrons. The van der Waals surface area contributed by atoms with Crippen molar-refractivity contribution in [3.63, 3.8) is 0 Å². The lowest BCUT2D eigenvalue weighted by Gasteiger charge is -2.19. The van der Waals surface area contributed by atoms with Gasteiger partial charge in [-0.05, 0) is 41.8 Å². The smallest absolute Gasteiger partial charge is 0.376 e. The van der Waals surface area contributed by atoms with Gasteiger partial charge in [-0.2, -0.15) is 26.3 Å². The SMILES string of the molecule is O=C(CCc1ccc[nH]c1=O)NCC(COCc1cc(C(F)(F)F)cc(C(F)(F)F)c1)c1ccccc1. The van der Waals surface area contributed by atoms with Crippen molar-refractivity contribution < 1.29 is 35.9 Å². The Morgan fingerprint density at radius 3 is 2.16 bits per heavy atom. The van der Waals surface area contributed by atoms with Crippen LogP contribution in [0.3, 0.4) is 0 Å². The Balaban J connectivity index is 1.64. The Labute approximate surface area is 208 Å². The zero-order chi connectivity index (χ0) is 27.1. The van der Waals surface area contributed by atoms with Gasteiger partial charge in [0.05, 0.1) is 24.3 Å². The molecule has 0 fully saturated rings. The summed E-state index contributed by atoms with van der Waals surface area (Å²) in [6.07, 6.45) is -8.12. The second-order valence-corrected chi connectivity index (χ2v) is 8.37. The van der Waals surface area contributed by atoms with E-state index in [4.69, 9.17) is 4.74 Å². The van der Waals surface area contributed by atoms with E-state index in [1.165, 1.54) is 6.20 Å². The van der Waals surface area contributed by atoms with E-state index in [9.17, 15) is 35.9 Å². The third-order valence-electron chi connectivity index (χ3n) is 5.57. The number of benzene rings is 2. The number of pyridine rings is 1. The fourth-order valence-electron chi connectivity index (χ4n) is 3.65. The van der Waals surface area contributed by atoms with Crippen LogP contribution in [0.2, 0.25) is 0 Å². The van der Waals surface area contributed by atoms with Crippen molar-refractivity contribution in [2.45, 2.75) is 37.7 Å². The molecule has 5 nitrogen and oxygen atoms in total. The normalized spacial score (nSPS) is 12.8. The number of ether oxygens (including phenoxy) is 1. The van der Waals surface area contributed by atoms with Crippen molar-refractivity contribution in [3.05, 3.63) is 105 Å². The zero-order valence-electron chi connectivity index (χ0n) is 19.5. The fourth-order valence-corrected chi connectivity index (χ4v) is 3.65. The van der Waals surface area contributed by atoms with E-state index in [0.29, 0.717) is 17.7 Å². The third kappa shape index (κ3) is 8.49. The van der Waals surface area contributed by atoms with Crippen molar-refractivity contribution in [1.82, 2.24) is 10.3 Å². The third-order valence-corrected chi connectivity index (χ3v) is 5.57. The van der Waals surface area contributed by atoms with Gasteiger partial charge >= 0.3 is 12.4 Å². The first kappa shape index (κ1) is 28.0. The van der Waals surface area contributed by atoms with Crippen LogP contribution in [-0.4, -0.2) is 24.0 Å². The molecule has 37 heavy (non-hydrogen) atoms. The zero-order valence-corrected chi connectivity index (χ0v) is 19.5. The van der Waals surface area contributed by atoms with Crippen molar-refractivity contribution in [3.8, 4) is 0 Å². The minimum Gasteiger partial charge on any atom is -0.376 e. The monoisotopic (exact) mass is 526 g/mol. The maximum absolute atomic E-state index is 13.1. The van der Waals surface area contributed by atoms with Gasteiger partial charge in [0.1, 0.15) is 0 Å². The van der Waals surface area contributed by atoms with Crippen LogP contribution in [0.25, 0.3) is 0 Å². The maximum atomic E-state index is 13.1. The molecule has 0 aliphatic rings. The molecular formula is C26H24F6N2O3. The van der Waals surface area contributed by atoms with Crippen LogP contribution < -0.4 is 10.9 Å². The maximum Gasteiger partial charge on any atom is 0.416 e. The first-order valence-corrected chi connectivity index (χ1v) is 11.3. The molecule has 11 heteroatoms. The molecule has 0 bridgehead atoms. The van der Waals surface area contributed by atoms with Crippen LogP contribution in [0.4, 0.5) is 26.3 Å². The molecule has 2 N–H and O–H groups in total. The van der Waals surface area contributed by atoms with Gasteiger partial charge in [-0.25, -0.2) is 0 Å². The second kappa shape index (κ2) is 12.1. The molecule has 0 aliphatic heterocycles. The van der Waals surface area contributed by atoms with Crippen LogP contribution in [0, 0.1) is 0 Å². The Kier molecular flexibility index (Phi) is 9.14. The van der Waals surface area contributed by atoms with E-state index in [-0.39, 0.29) is 49.1 Å². The molecule has 0 radical (unpaired) electrons. The number of alkyl halides is 6. The molecule has 1 atom stereocenters. The summed E-state index contributed by atoms with van der Waals surface area (Å²) in [6, 6.07) is 13.4. The van der Waals surface area contributed by atoms with Crippen molar-refractivity contribution >= 4 is 5.91 Å². The number of amides is 1. The molecule has 1 heterocycles. The molecule has 3 rings (SSSR count). The topological polar surface area (TPSA) is 71.2 Å².